The number of aromatic nitrogens is 2. The minimum Gasteiger partial charge on any atom is -0.478 e. The van der Waals surface area contributed by atoms with Gasteiger partial charge in [-0.3, -0.25) is 4.79 Å². The lowest BCUT2D eigenvalue weighted by atomic mass is 9.96. The van der Waals surface area contributed by atoms with E-state index in [0.29, 0.717) is 35.8 Å². The van der Waals surface area contributed by atoms with E-state index in [1.807, 2.05) is 6.07 Å². The molecule has 4 aliphatic rings. The Labute approximate surface area is 274 Å². The summed E-state index contributed by atoms with van der Waals surface area (Å²) in [4.78, 5) is 34.0. The van der Waals surface area contributed by atoms with Gasteiger partial charge in [-0.25, -0.2) is 14.2 Å². The van der Waals surface area contributed by atoms with E-state index in [9.17, 15) is 14.7 Å². The molecule has 0 radical (unpaired) electrons. The fourth-order valence-electron chi connectivity index (χ4n) is 7.36. The molecule has 12 heteroatoms. The number of nitrogens with zero attached hydrogens (tertiary/aromatic N) is 4. The number of halogens is 3. The van der Waals surface area contributed by atoms with Crippen LogP contribution in [0.2, 0.25) is 10.0 Å². The first-order valence-electron chi connectivity index (χ1n) is 15.3. The van der Waals surface area contributed by atoms with E-state index in [1.165, 1.54) is 4.90 Å². The van der Waals surface area contributed by atoms with Crippen LogP contribution in [0.25, 0.3) is 22.4 Å². The normalized spacial score (nSPS) is 20.0. The summed E-state index contributed by atoms with van der Waals surface area (Å²) in [5, 5.41) is 10.4. The number of para-hydroxylation sites is 1. The van der Waals surface area contributed by atoms with Crippen LogP contribution < -0.4 is 9.64 Å². The highest BCUT2D eigenvalue weighted by Gasteiger charge is 2.40. The van der Waals surface area contributed by atoms with Gasteiger partial charge in [0.15, 0.2) is 6.73 Å². The van der Waals surface area contributed by atoms with E-state index in [0.717, 1.165) is 55.4 Å². The van der Waals surface area contributed by atoms with Crippen molar-refractivity contribution in [2.45, 2.75) is 50.9 Å². The second-order valence-corrected chi connectivity index (χ2v) is 13.0. The first kappa shape index (κ1) is 29.3. The highest BCUT2D eigenvalue weighted by atomic mass is 35.5. The Bertz CT molecular complexity index is 1890. The fourth-order valence-corrected chi connectivity index (χ4v) is 8.01. The molecule has 46 heavy (non-hydrogen) atoms. The monoisotopic (exact) mass is 662 g/mol. The summed E-state index contributed by atoms with van der Waals surface area (Å²) in [5.41, 5.74) is 3.65. The van der Waals surface area contributed by atoms with Gasteiger partial charge in [0.1, 0.15) is 17.4 Å². The average molecular weight is 664 g/mol. The van der Waals surface area contributed by atoms with Crippen LogP contribution in [-0.4, -0.2) is 63.5 Å². The van der Waals surface area contributed by atoms with Crippen molar-refractivity contribution in [3.05, 3.63) is 87.0 Å². The van der Waals surface area contributed by atoms with Gasteiger partial charge in [-0.05, 0) is 43.5 Å². The van der Waals surface area contributed by atoms with Crippen LogP contribution in [0.5, 0.6) is 5.75 Å². The maximum atomic E-state index is 15.7. The number of carboxylic acids is 1. The van der Waals surface area contributed by atoms with Gasteiger partial charge < -0.3 is 28.9 Å². The number of benzene rings is 3. The SMILES string of the molecule is O=C(O)c1cc(F)c(-c2cccc3c2OCN(C(=O)c2c(Cl)cc(-c4cnc5n4CCC5)cc2Cl)C3)cc1N1C2CCC1COC2. The Hall–Kier alpha value is -4.12. The molecule has 3 aromatic carbocycles. The zero-order chi connectivity index (χ0) is 31.7. The van der Waals surface area contributed by atoms with Crippen LogP contribution in [-0.2, 0) is 24.2 Å². The number of aromatic carboxylic acids is 1. The van der Waals surface area contributed by atoms with Gasteiger partial charge in [-0.1, -0.05) is 41.4 Å². The van der Waals surface area contributed by atoms with Crippen molar-refractivity contribution in [3.8, 4) is 28.1 Å². The zero-order valence-electron chi connectivity index (χ0n) is 24.6. The summed E-state index contributed by atoms with van der Waals surface area (Å²) in [5.74, 6) is -0.788. The maximum Gasteiger partial charge on any atom is 0.337 e. The largest absolute Gasteiger partial charge is 0.478 e. The summed E-state index contributed by atoms with van der Waals surface area (Å²) in [7, 11) is 0. The minimum atomic E-state index is -1.19. The molecule has 5 heterocycles. The number of anilines is 1. The van der Waals surface area contributed by atoms with Crippen LogP contribution in [0, 0.1) is 5.82 Å². The van der Waals surface area contributed by atoms with Crippen molar-refractivity contribution in [2.24, 2.45) is 0 Å². The van der Waals surface area contributed by atoms with Gasteiger partial charge in [0.2, 0.25) is 0 Å². The summed E-state index contributed by atoms with van der Waals surface area (Å²) in [6, 6.07) is 11.6. The Morgan fingerprint density at radius 3 is 2.52 bits per heavy atom. The maximum absolute atomic E-state index is 15.7. The van der Waals surface area contributed by atoms with Crippen LogP contribution in [0.1, 0.15) is 51.4 Å². The van der Waals surface area contributed by atoms with Crippen molar-refractivity contribution in [1.29, 1.82) is 0 Å². The molecule has 4 aliphatic heterocycles. The highest BCUT2D eigenvalue weighted by molar-refractivity contribution is 6.40. The van der Waals surface area contributed by atoms with Crippen LogP contribution in [0.4, 0.5) is 10.1 Å². The van der Waals surface area contributed by atoms with Gasteiger partial charge >= 0.3 is 5.97 Å². The molecule has 0 aliphatic carbocycles. The number of fused-ring (bicyclic) bond motifs is 4. The molecule has 1 N–H and O–H groups in total. The van der Waals surface area contributed by atoms with E-state index >= 15 is 4.39 Å². The summed E-state index contributed by atoms with van der Waals surface area (Å²) in [6.45, 7) is 1.94. The van der Waals surface area contributed by atoms with E-state index in [4.69, 9.17) is 32.7 Å². The molecule has 2 fully saturated rings. The zero-order valence-corrected chi connectivity index (χ0v) is 26.2. The number of amides is 1. The van der Waals surface area contributed by atoms with Crippen molar-refractivity contribution in [3.63, 3.8) is 0 Å². The lowest BCUT2D eigenvalue weighted by Crippen LogP contribution is -2.46. The molecule has 2 bridgehead atoms. The molecule has 236 valence electrons. The van der Waals surface area contributed by atoms with Gasteiger partial charge in [-0.2, -0.15) is 0 Å². The van der Waals surface area contributed by atoms with E-state index < -0.39 is 17.7 Å². The average Bonchev–Trinajstić information content (AvgIpc) is 3.73. The molecule has 0 spiro atoms. The van der Waals surface area contributed by atoms with Crippen LogP contribution in [0.15, 0.2) is 48.7 Å². The van der Waals surface area contributed by atoms with Crippen molar-refractivity contribution < 1.29 is 28.6 Å². The number of carbonyl (C=O) groups is 2. The van der Waals surface area contributed by atoms with Crippen molar-refractivity contribution >= 4 is 40.8 Å². The highest BCUT2D eigenvalue weighted by Crippen LogP contribution is 2.43. The smallest absolute Gasteiger partial charge is 0.337 e. The number of hydrogen-bond donors (Lipinski definition) is 1. The molecule has 1 aromatic heterocycles. The second kappa shape index (κ2) is 11.3. The van der Waals surface area contributed by atoms with E-state index in [-0.39, 0.29) is 52.1 Å². The number of ether oxygens (including phenoxy) is 2. The summed E-state index contributed by atoms with van der Waals surface area (Å²) >= 11 is 13.4. The molecule has 2 saturated heterocycles. The number of aryl methyl sites for hydroxylation is 1. The molecule has 2 atom stereocenters. The molecule has 8 rings (SSSR count). The third kappa shape index (κ3) is 4.73. The summed E-state index contributed by atoms with van der Waals surface area (Å²) in [6.07, 6.45) is 5.52. The predicted octanol–water partition coefficient (Wildman–Crippen LogP) is 6.67. The topological polar surface area (TPSA) is 97.1 Å². The molecule has 2 unspecified atom stereocenters. The lowest BCUT2D eigenvalue weighted by molar-refractivity contribution is 0.0516. The molecule has 4 aromatic rings. The number of imidazole rings is 1. The molecule has 1 amide bonds. The first-order chi connectivity index (χ1) is 22.3. The number of hydrogen-bond acceptors (Lipinski definition) is 6. The van der Waals surface area contributed by atoms with Crippen LogP contribution in [0.3, 0.4) is 0 Å². The third-order valence-electron chi connectivity index (χ3n) is 9.51. The van der Waals surface area contributed by atoms with Crippen LogP contribution >= 0.6 is 23.2 Å². The minimum absolute atomic E-state index is 0.0318. The second-order valence-electron chi connectivity index (χ2n) is 12.2. The van der Waals surface area contributed by atoms with E-state index in [1.54, 1.807) is 36.5 Å². The van der Waals surface area contributed by atoms with E-state index in [2.05, 4.69) is 14.5 Å². The Kier molecular flexibility index (Phi) is 7.19. The fraction of sp³-hybridized carbons (Fsp3) is 0.324. The number of carboxylic acid groups (broad SMARTS) is 1. The standard InChI is InChI=1S/C34H29Cl2FN4O5/c35-25-9-19(29-13-38-30-5-2-8-40(29)30)10-26(36)31(25)33(42)39-14-18-3-1-4-22(32(18)46-17-39)23-12-28(24(34(43)44)11-27(23)37)41-20-6-7-21(41)16-45-15-20/h1,3-4,9-13,20-21H,2,5-8,14-17H2,(H,43,44). The first-order valence-corrected chi connectivity index (χ1v) is 16.0. The van der Waals surface area contributed by atoms with Gasteiger partial charge in [-0.15, -0.1) is 0 Å². The predicted molar refractivity (Wildman–Crippen MR) is 170 cm³/mol. The molecular weight excluding hydrogens is 634 g/mol. The number of carbonyl (C=O) groups excluding carboxylic acids is 1. The molecule has 9 nitrogen and oxygen atoms in total. The number of rotatable bonds is 5. The van der Waals surface area contributed by atoms with Crippen molar-refractivity contribution in [2.75, 3.05) is 24.8 Å². The van der Waals surface area contributed by atoms with Gasteiger partial charge in [0, 0.05) is 35.2 Å². The van der Waals surface area contributed by atoms with Gasteiger partial charge in [0.25, 0.3) is 5.91 Å². The third-order valence-corrected chi connectivity index (χ3v) is 10.1. The Morgan fingerprint density at radius 1 is 1.02 bits per heavy atom. The Balaban J connectivity index is 1.10. The molecule has 0 saturated carbocycles. The van der Waals surface area contributed by atoms with Gasteiger partial charge in [0.05, 0.1) is 70.6 Å². The number of morpholine rings is 1. The molecular formula is C34H29Cl2FN4O5. The Morgan fingerprint density at radius 2 is 1.78 bits per heavy atom. The van der Waals surface area contributed by atoms with Crippen molar-refractivity contribution in [1.82, 2.24) is 14.5 Å². The summed E-state index contributed by atoms with van der Waals surface area (Å²) < 4.78 is 29.7. The quantitative estimate of drug-likeness (QED) is 0.255. The lowest BCUT2D eigenvalue weighted by Gasteiger charge is -2.37.